The Labute approximate surface area is 190 Å². The van der Waals surface area contributed by atoms with Gasteiger partial charge >= 0.3 is 0 Å². The molecule has 9 heteroatoms. The molecule has 4 heterocycles. The quantitative estimate of drug-likeness (QED) is 0.605. The normalized spacial score (nSPS) is 18.2. The number of benzene rings is 1. The Morgan fingerprint density at radius 1 is 1.00 bits per heavy atom. The van der Waals surface area contributed by atoms with Gasteiger partial charge in [-0.05, 0) is 50.3 Å². The number of nitrogens with zero attached hydrogens (tertiary/aromatic N) is 5. The Morgan fingerprint density at radius 2 is 1.75 bits per heavy atom. The van der Waals surface area contributed by atoms with Crippen LogP contribution in [0.15, 0.2) is 41.5 Å². The Balaban J connectivity index is 1.40. The average molecular weight is 454 g/mol. The van der Waals surface area contributed by atoms with Crippen LogP contribution in [0.4, 0.5) is 5.69 Å². The van der Waals surface area contributed by atoms with Crippen LogP contribution >= 0.6 is 11.3 Å². The van der Waals surface area contributed by atoms with Gasteiger partial charge in [-0.3, -0.25) is 14.2 Å². The highest BCUT2D eigenvalue weighted by Crippen LogP contribution is 2.24. The molecule has 2 saturated heterocycles. The molecule has 0 N–H and O–H groups in total. The summed E-state index contributed by atoms with van der Waals surface area (Å²) >= 11 is 1.22. The fourth-order valence-corrected chi connectivity index (χ4v) is 5.26. The zero-order valence-electron chi connectivity index (χ0n) is 18.2. The summed E-state index contributed by atoms with van der Waals surface area (Å²) in [6.45, 7) is 6.44. The van der Waals surface area contributed by atoms with Crippen molar-refractivity contribution < 1.29 is 9.53 Å². The van der Waals surface area contributed by atoms with E-state index < -0.39 is 0 Å². The van der Waals surface area contributed by atoms with Crippen LogP contribution in [-0.2, 0) is 4.74 Å². The number of amides is 1. The Bertz CT molecular complexity index is 1170. The molecule has 0 bridgehead atoms. The van der Waals surface area contributed by atoms with Crippen LogP contribution in [-0.4, -0.2) is 84.8 Å². The molecule has 8 nitrogen and oxygen atoms in total. The second kappa shape index (κ2) is 9.01. The second-order valence-electron chi connectivity index (χ2n) is 8.31. The third-order valence-corrected chi connectivity index (χ3v) is 7.26. The first-order chi connectivity index (χ1) is 15.6. The number of thiophene rings is 1. The molecule has 5 rings (SSSR count). The lowest BCUT2D eigenvalue weighted by atomic mass is 10.2. The van der Waals surface area contributed by atoms with Crippen molar-refractivity contribution in [1.82, 2.24) is 19.4 Å². The highest BCUT2D eigenvalue weighted by Gasteiger charge is 2.22. The topological polar surface area (TPSA) is 70.9 Å². The molecule has 0 atom stereocenters. The SMILES string of the molecule is CN1CCCN(c2ccc(-n3cnc4cc(C(=O)N5CCOCC5)sc4c3=O)cc2)CC1. The molecule has 0 saturated carbocycles. The van der Waals surface area contributed by atoms with E-state index in [4.69, 9.17) is 4.74 Å². The van der Waals surface area contributed by atoms with Crippen molar-refractivity contribution in [3.05, 3.63) is 51.9 Å². The molecular weight excluding hydrogens is 426 g/mol. The molecule has 32 heavy (non-hydrogen) atoms. The van der Waals surface area contributed by atoms with E-state index in [9.17, 15) is 9.59 Å². The predicted octanol–water partition coefficient (Wildman–Crippen LogP) is 2.06. The third-order valence-electron chi connectivity index (χ3n) is 6.16. The number of ether oxygens (including phenoxy) is 1. The van der Waals surface area contributed by atoms with Gasteiger partial charge in [-0.1, -0.05) is 0 Å². The highest BCUT2D eigenvalue weighted by molar-refractivity contribution is 7.20. The molecule has 1 aromatic carbocycles. The first kappa shape index (κ1) is 21.1. The number of hydrogen-bond donors (Lipinski definition) is 0. The van der Waals surface area contributed by atoms with E-state index in [1.165, 1.54) is 17.0 Å². The first-order valence-electron chi connectivity index (χ1n) is 11.0. The van der Waals surface area contributed by atoms with E-state index in [-0.39, 0.29) is 11.5 Å². The van der Waals surface area contributed by atoms with Gasteiger partial charge < -0.3 is 19.4 Å². The van der Waals surface area contributed by atoms with Crippen LogP contribution < -0.4 is 10.5 Å². The molecule has 3 aromatic rings. The van der Waals surface area contributed by atoms with Gasteiger partial charge in [0.1, 0.15) is 11.0 Å². The summed E-state index contributed by atoms with van der Waals surface area (Å²) in [6.07, 6.45) is 2.69. The summed E-state index contributed by atoms with van der Waals surface area (Å²) in [5, 5.41) is 0. The Kier molecular flexibility index (Phi) is 5.95. The van der Waals surface area contributed by atoms with Crippen LogP contribution in [0, 0.1) is 0 Å². The number of hydrogen-bond acceptors (Lipinski definition) is 7. The summed E-state index contributed by atoms with van der Waals surface area (Å²) in [7, 11) is 2.16. The van der Waals surface area contributed by atoms with Gasteiger partial charge in [-0.25, -0.2) is 4.98 Å². The zero-order valence-corrected chi connectivity index (χ0v) is 19.0. The summed E-state index contributed by atoms with van der Waals surface area (Å²) in [4.78, 5) is 37.5. The fourth-order valence-electron chi connectivity index (χ4n) is 4.25. The maximum atomic E-state index is 13.2. The molecule has 0 aliphatic carbocycles. The predicted molar refractivity (Wildman–Crippen MR) is 126 cm³/mol. The number of likely N-dealkylation sites (N-methyl/N-ethyl adjacent to an activating group) is 1. The zero-order chi connectivity index (χ0) is 22.1. The molecule has 168 valence electrons. The van der Waals surface area contributed by atoms with E-state index in [0.717, 1.165) is 38.3 Å². The van der Waals surface area contributed by atoms with Crippen molar-refractivity contribution in [3.63, 3.8) is 0 Å². The number of morpholine rings is 1. The monoisotopic (exact) mass is 453 g/mol. The summed E-state index contributed by atoms with van der Waals surface area (Å²) in [6, 6.07) is 9.79. The van der Waals surface area contributed by atoms with Crippen molar-refractivity contribution in [2.24, 2.45) is 0 Å². The van der Waals surface area contributed by atoms with Gasteiger partial charge in [0.05, 0.1) is 29.3 Å². The standard InChI is InChI=1S/C23H27N5O3S/c1-25-7-2-8-26(10-9-25)17-3-5-18(6-4-17)28-16-24-19-15-20(32-21(19)23(28)30)22(29)27-11-13-31-14-12-27/h3-6,15-16H,2,7-14H2,1H3. The number of anilines is 1. The lowest BCUT2D eigenvalue weighted by molar-refractivity contribution is 0.0306. The maximum Gasteiger partial charge on any atom is 0.275 e. The summed E-state index contributed by atoms with van der Waals surface area (Å²) in [5.41, 5.74) is 2.36. The molecule has 0 radical (unpaired) electrons. The van der Waals surface area contributed by atoms with Gasteiger partial charge in [0, 0.05) is 38.4 Å². The van der Waals surface area contributed by atoms with Crippen molar-refractivity contribution in [1.29, 1.82) is 0 Å². The lowest BCUT2D eigenvalue weighted by Gasteiger charge is -2.26. The Hall–Kier alpha value is -2.75. The van der Waals surface area contributed by atoms with Crippen LogP contribution in [0.2, 0.25) is 0 Å². The van der Waals surface area contributed by atoms with E-state index in [2.05, 4.69) is 34.0 Å². The molecular formula is C23H27N5O3S. The lowest BCUT2D eigenvalue weighted by Crippen LogP contribution is -2.40. The largest absolute Gasteiger partial charge is 0.378 e. The minimum absolute atomic E-state index is 0.0605. The fraction of sp³-hybridized carbons (Fsp3) is 0.435. The van der Waals surface area contributed by atoms with Crippen LogP contribution in [0.3, 0.4) is 0 Å². The van der Waals surface area contributed by atoms with Crippen molar-refractivity contribution in [3.8, 4) is 5.69 Å². The van der Waals surface area contributed by atoms with Gasteiger partial charge in [-0.15, -0.1) is 11.3 Å². The molecule has 2 aromatic heterocycles. The minimum Gasteiger partial charge on any atom is -0.378 e. The van der Waals surface area contributed by atoms with E-state index in [1.54, 1.807) is 21.9 Å². The molecule has 2 aliphatic rings. The minimum atomic E-state index is -0.148. The highest BCUT2D eigenvalue weighted by atomic mass is 32.1. The number of aromatic nitrogens is 2. The molecule has 0 spiro atoms. The average Bonchev–Trinajstić information content (AvgIpc) is 3.15. The van der Waals surface area contributed by atoms with E-state index >= 15 is 0 Å². The number of carbonyl (C=O) groups excluding carboxylic acids is 1. The van der Waals surface area contributed by atoms with Crippen molar-refractivity contribution in [2.75, 3.05) is 64.4 Å². The van der Waals surface area contributed by atoms with Gasteiger partial charge in [0.25, 0.3) is 11.5 Å². The molecule has 1 amide bonds. The van der Waals surface area contributed by atoms with Crippen LogP contribution in [0.25, 0.3) is 15.9 Å². The van der Waals surface area contributed by atoms with Gasteiger partial charge in [-0.2, -0.15) is 0 Å². The summed E-state index contributed by atoms with van der Waals surface area (Å²) in [5.74, 6) is -0.0605. The smallest absolute Gasteiger partial charge is 0.275 e. The van der Waals surface area contributed by atoms with E-state index in [0.29, 0.717) is 41.4 Å². The van der Waals surface area contributed by atoms with Crippen LogP contribution in [0.5, 0.6) is 0 Å². The number of fused-ring (bicyclic) bond motifs is 1. The summed E-state index contributed by atoms with van der Waals surface area (Å²) < 4.78 is 7.39. The molecule has 2 fully saturated rings. The maximum absolute atomic E-state index is 13.2. The third kappa shape index (κ3) is 4.15. The number of rotatable bonds is 3. The van der Waals surface area contributed by atoms with Crippen molar-refractivity contribution >= 4 is 33.1 Å². The first-order valence-corrected chi connectivity index (χ1v) is 11.8. The van der Waals surface area contributed by atoms with Gasteiger partial charge in [0.2, 0.25) is 0 Å². The van der Waals surface area contributed by atoms with Gasteiger partial charge in [0.15, 0.2) is 0 Å². The van der Waals surface area contributed by atoms with E-state index in [1.807, 2.05) is 12.1 Å². The molecule has 2 aliphatic heterocycles. The number of carbonyl (C=O) groups is 1. The Morgan fingerprint density at radius 3 is 2.53 bits per heavy atom. The van der Waals surface area contributed by atoms with Crippen LogP contribution in [0.1, 0.15) is 16.1 Å². The second-order valence-corrected chi connectivity index (χ2v) is 9.36. The molecule has 0 unspecified atom stereocenters. The van der Waals surface area contributed by atoms with Crippen molar-refractivity contribution in [2.45, 2.75) is 6.42 Å².